The second-order valence-electron chi connectivity index (χ2n) is 7.80. The summed E-state index contributed by atoms with van der Waals surface area (Å²) in [6.07, 6.45) is 8.74. The maximum atomic E-state index is 6.19. The molecule has 1 N–H and O–H groups in total. The van der Waals surface area contributed by atoms with Gasteiger partial charge < -0.3 is 14.8 Å². The molecule has 3 fully saturated rings. The summed E-state index contributed by atoms with van der Waals surface area (Å²) in [6.45, 7) is 8.83. The van der Waals surface area contributed by atoms with Crippen molar-refractivity contribution in [2.75, 3.05) is 26.4 Å². The molecule has 0 bridgehead atoms. The fraction of sp³-hybridized carbons (Fsp3) is 1.00. The van der Waals surface area contributed by atoms with Crippen LogP contribution in [0.4, 0.5) is 0 Å². The highest BCUT2D eigenvalue weighted by Crippen LogP contribution is 2.45. The van der Waals surface area contributed by atoms with Crippen LogP contribution in [0.1, 0.15) is 58.8 Å². The van der Waals surface area contributed by atoms with Crippen molar-refractivity contribution in [3.05, 3.63) is 0 Å². The molecule has 0 radical (unpaired) electrons. The Morgan fingerprint density at radius 1 is 1.10 bits per heavy atom. The van der Waals surface area contributed by atoms with Gasteiger partial charge in [0.15, 0.2) is 0 Å². The van der Waals surface area contributed by atoms with Crippen molar-refractivity contribution in [3.8, 4) is 0 Å². The van der Waals surface area contributed by atoms with Gasteiger partial charge in [-0.1, -0.05) is 13.8 Å². The Bertz CT molecular complexity index is 313. The summed E-state index contributed by atoms with van der Waals surface area (Å²) in [4.78, 5) is 0. The van der Waals surface area contributed by atoms with Crippen molar-refractivity contribution in [2.24, 2.45) is 11.3 Å². The zero-order valence-electron chi connectivity index (χ0n) is 13.2. The molecular weight excluding hydrogens is 250 g/mol. The van der Waals surface area contributed by atoms with Crippen molar-refractivity contribution >= 4 is 0 Å². The maximum Gasteiger partial charge on any atom is 0.0729 e. The Morgan fingerprint density at radius 2 is 1.85 bits per heavy atom. The van der Waals surface area contributed by atoms with E-state index in [1.165, 1.54) is 38.6 Å². The van der Waals surface area contributed by atoms with Crippen LogP contribution in [0.5, 0.6) is 0 Å². The van der Waals surface area contributed by atoms with Gasteiger partial charge in [-0.3, -0.25) is 0 Å². The highest BCUT2D eigenvalue weighted by atomic mass is 16.5. The van der Waals surface area contributed by atoms with Crippen molar-refractivity contribution in [2.45, 2.75) is 70.4 Å². The highest BCUT2D eigenvalue weighted by molar-refractivity contribution is 4.94. The summed E-state index contributed by atoms with van der Waals surface area (Å²) >= 11 is 0. The van der Waals surface area contributed by atoms with E-state index in [-0.39, 0.29) is 5.60 Å². The first-order chi connectivity index (χ1) is 9.60. The van der Waals surface area contributed by atoms with E-state index in [2.05, 4.69) is 19.2 Å². The van der Waals surface area contributed by atoms with Crippen LogP contribution in [0.3, 0.4) is 0 Å². The Hall–Kier alpha value is -0.120. The number of rotatable bonds is 5. The Balaban J connectivity index is 1.53. The largest absolute Gasteiger partial charge is 0.381 e. The van der Waals surface area contributed by atoms with Crippen LogP contribution in [-0.2, 0) is 9.47 Å². The first-order valence-electron chi connectivity index (χ1n) is 8.55. The fourth-order valence-electron chi connectivity index (χ4n) is 3.88. The van der Waals surface area contributed by atoms with Crippen LogP contribution >= 0.6 is 0 Å². The summed E-state index contributed by atoms with van der Waals surface area (Å²) in [7, 11) is 0. The molecule has 2 aliphatic heterocycles. The van der Waals surface area contributed by atoms with Crippen molar-refractivity contribution in [3.63, 3.8) is 0 Å². The van der Waals surface area contributed by atoms with E-state index in [0.717, 1.165) is 44.6 Å². The molecule has 3 heteroatoms. The van der Waals surface area contributed by atoms with E-state index in [1.807, 2.05) is 0 Å². The van der Waals surface area contributed by atoms with Crippen LogP contribution < -0.4 is 5.32 Å². The summed E-state index contributed by atoms with van der Waals surface area (Å²) < 4.78 is 11.7. The molecule has 1 spiro atoms. The highest BCUT2D eigenvalue weighted by Gasteiger charge is 2.43. The molecule has 0 amide bonds. The van der Waals surface area contributed by atoms with E-state index in [9.17, 15) is 0 Å². The van der Waals surface area contributed by atoms with Crippen LogP contribution in [0.25, 0.3) is 0 Å². The van der Waals surface area contributed by atoms with E-state index in [1.54, 1.807) is 0 Å². The normalized spacial score (nSPS) is 30.6. The third kappa shape index (κ3) is 3.55. The average molecular weight is 281 g/mol. The van der Waals surface area contributed by atoms with Gasteiger partial charge in [-0.25, -0.2) is 0 Å². The second kappa shape index (κ2) is 5.94. The minimum atomic E-state index is 0.141. The molecule has 20 heavy (non-hydrogen) atoms. The average Bonchev–Trinajstić information content (AvgIpc) is 3.24. The Kier molecular flexibility index (Phi) is 4.40. The topological polar surface area (TPSA) is 30.5 Å². The lowest BCUT2D eigenvalue weighted by Crippen LogP contribution is -2.47. The Labute approximate surface area is 123 Å². The van der Waals surface area contributed by atoms with Crippen molar-refractivity contribution in [1.82, 2.24) is 5.32 Å². The first kappa shape index (κ1) is 14.8. The smallest absolute Gasteiger partial charge is 0.0729 e. The predicted octanol–water partition coefficient (Wildman–Crippen LogP) is 3.13. The number of nitrogens with one attached hydrogen (secondary N) is 1. The summed E-state index contributed by atoms with van der Waals surface area (Å²) in [5.41, 5.74) is 0.569. The quantitative estimate of drug-likeness (QED) is 0.840. The van der Waals surface area contributed by atoms with Gasteiger partial charge in [0.2, 0.25) is 0 Å². The second-order valence-corrected chi connectivity index (χ2v) is 7.80. The zero-order chi connectivity index (χ0) is 14.1. The predicted molar refractivity (Wildman–Crippen MR) is 80.9 cm³/mol. The Morgan fingerprint density at radius 3 is 2.55 bits per heavy atom. The fourth-order valence-corrected chi connectivity index (χ4v) is 3.88. The molecular formula is C17H31NO2. The third-order valence-corrected chi connectivity index (χ3v) is 5.78. The standard InChI is InChI=1S/C17H31NO2/c1-16(2,6-9-18-15-3-4-15)14-5-10-20-17(13-14)7-11-19-12-8-17/h14-15,18H,3-13H2,1-2H3. The van der Waals surface area contributed by atoms with E-state index < -0.39 is 0 Å². The molecule has 1 saturated carbocycles. The van der Waals surface area contributed by atoms with E-state index in [4.69, 9.17) is 9.47 Å². The lowest BCUT2D eigenvalue weighted by Gasteiger charge is -2.48. The lowest BCUT2D eigenvalue weighted by atomic mass is 9.67. The van der Waals surface area contributed by atoms with Gasteiger partial charge in [-0.2, -0.15) is 0 Å². The monoisotopic (exact) mass is 281 g/mol. The van der Waals surface area contributed by atoms with Crippen LogP contribution in [0.15, 0.2) is 0 Å². The molecule has 2 saturated heterocycles. The molecule has 1 unspecified atom stereocenters. The van der Waals surface area contributed by atoms with Crippen molar-refractivity contribution < 1.29 is 9.47 Å². The summed E-state index contributed by atoms with van der Waals surface area (Å²) in [5, 5.41) is 3.67. The van der Waals surface area contributed by atoms with Gasteiger partial charge in [-0.15, -0.1) is 0 Å². The van der Waals surface area contributed by atoms with Crippen molar-refractivity contribution in [1.29, 1.82) is 0 Å². The SMILES string of the molecule is CC(C)(CCNC1CC1)C1CCOC2(CCOCC2)C1. The molecule has 0 aromatic rings. The first-order valence-corrected chi connectivity index (χ1v) is 8.55. The van der Waals surface area contributed by atoms with Crippen LogP contribution in [0.2, 0.25) is 0 Å². The molecule has 3 nitrogen and oxygen atoms in total. The zero-order valence-corrected chi connectivity index (χ0v) is 13.2. The van der Waals surface area contributed by atoms with Crippen LogP contribution in [0, 0.1) is 11.3 Å². The van der Waals surface area contributed by atoms with E-state index in [0.29, 0.717) is 5.41 Å². The molecule has 2 heterocycles. The molecule has 116 valence electrons. The molecule has 0 aromatic carbocycles. The van der Waals surface area contributed by atoms with Gasteiger partial charge in [-0.05, 0) is 62.8 Å². The van der Waals surface area contributed by atoms with Gasteiger partial charge in [0.25, 0.3) is 0 Å². The molecule has 0 aromatic heterocycles. The number of hydrogen-bond acceptors (Lipinski definition) is 3. The minimum Gasteiger partial charge on any atom is -0.381 e. The summed E-state index contributed by atoms with van der Waals surface area (Å²) in [6, 6.07) is 0.835. The van der Waals surface area contributed by atoms with Gasteiger partial charge >= 0.3 is 0 Å². The lowest BCUT2D eigenvalue weighted by molar-refractivity contribution is -0.159. The molecule has 3 rings (SSSR count). The van der Waals surface area contributed by atoms with Gasteiger partial charge in [0, 0.05) is 25.9 Å². The van der Waals surface area contributed by atoms with Gasteiger partial charge in [0.1, 0.15) is 0 Å². The van der Waals surface area contributed by atoms with Crippen LogP contribution in [-0.4, -0.2) is 38.0 Å². The molecule has 1 atom stereocenters. The molecule has 3 aliphatic rings. The van der Waals surface area contributed by atoms with Gasteiger partial charge in [0.05, 0.1) is 5.60 Å². The maximum absolute atomic E-state index is 6.19. The summed E-state index contributed by atoms with van der Waals surface area (Å²) in [5.74, 6) is 0.801. The number of hydrogen-bond donors (Lipinski definition) is 1. The molecule has 1 aliphatic carbocycles. The number of ether oxygens (including phenoxy) is 2. The minimum absolute atomic E-state index is 0.141. The van der Waals surface area contributed by atoms with E-state index >= 15 is 0 Å². The third-order valence-electron chi connectivity index (χ3n) is 5.78.